The number of halogens is 2. The summed E-state index contributed by atoms with van der Waals surface area (Å²) in [5.74, 6) is -3.35. The highest BCUT2D eigenvalue weighted by molar-refractivity contribution is 7.88. The van der Waals surface area contributed by atoms with Gasteiger partial charge in [-0.25, -0.2) is 26.9 Å². The van der Waals surface area contributed by atoms with Crippen LogP contribution in [0.4, 0.5) is 26.2 Å². The number of hydrogen-bond acceptors (Lipinski definition) is 8. The minimum absolute atomic E-state index is 0.00901. The molecule has 0 spiro atoms. The van der Waals surface area contributed by atoms with Gasteiger partial charge in [0, 0.05) is 25.7 Å². The van der Waals surface area contributed by atoms with E-state index in [1.165, 1.54) is 20.2 Å². The van der Waals surface area contributed by atoms with E-state index in [-0.39, 0.29) is 17.7 Å². The quantitative estimate of drug-likeness (QED) is 0.374. The molecule has 1 aromatic heterocycles. The van der Waals surface area contributed by atoms with Gasteiger partial charge in [-0.1, -0.05) is 17.7 Å². The van der Waals surface area contributed by atoms with Crippen molar-refractivity contribution in [2.75, 3.05) is 31.0 Å². The first kappa shape index (κ1) is 27.5. The molecule has 0 aliphatic heterocycles. The van der Waals surface area contributed by atoms with Crippen LogP contribution >= 0.6 is 0 Å². The second-order valence-electron chi connectivity index (χ2n) is 9.29. The molecule has 1 aromatic carbocycles. The van der Waals surface area contributed by atoms with Crippen LogP contribution in [-0.2, 0) is 15.9 Å². The fourth-order valence-corrected chi connectivity index (χ4v) is 5.39. The van der Waals surface area contributed by atoms with E-state index in [1.807, 2.05) is 12.2 Å². The van der Waals surface area contributed by atoms with E-state index in [9.17, 15) is 22.0 Å². The van der Waals surface area contributed by atoms with E-state index in [2.05, 4.69) is 30.6 Å². The first-order chi connectivity index (χ1) is 17.9. The van der Waals surface area contributed by atoms with Crippen molar-refractivity contribution in [1.29, 1.82) is 0 Å². The van der Waals surface area contributed by atoms with Crippen LogP contribution in [0.2, 0.25) is 0 Å². The molecular formula is C25H30F2N6O4S. The van der Waals surface area contributed by atoms with Crippen LogP contribution in [0, 0.1) is 0 Å². The van der Waals surface area contributed by atoms with Gasteiger partial charge < -0.3 is 20.7 Å². The van der Waals surface area contributed by atoms with Crippen molar-refractivity contribution in [2.24, 2.45) is 0 Å². The summed E-state index contributed by atoms with van der Waals surface area (Å²) in [5, 5.41) is 8.56. The van der Waals surface area contributed by atoms with Crippen molar-refractivity contribution >= 4 is 33.4 Å². The lowest BCUT2D eigenvalue weighted by molar-refractivity contribution is 0.0175. The molecule has 13 heteroatoms. The topological polar surface area (TPSA) is 134 Å². The molecule has 204 valence electrons. The van der Waals surface area contributed by atoms with Crippen LogP contribution < -0.4 is 25.4 Å². The van der Waals surface area contributed by atoms with Gasteiger partial charge in [-0.15, -0.1) is 0 Å². The lowest BCUT2D eigenvalue weighted by Crippen LogP contribution is -2.45. The van der Waals surface area contributed by atoms with Crippen molar-refractivity contribution in [2.45, 2.75) is 44.2 Å². The molecule has 10 nitrogen and oxygen atoms in total. The molecular weight excluding hydrogens is 518 g/mol. The average molecular weight is 549 g/mol. The molecule has 2 unspecified atom stereocenters. The van der Waals surface area contributed by atoms with Crippen molar-refractivity contribution in [3.05, 3.63) is 58.8 Å². The Hall–Kier alpha value is -3.58. The molecule has 0 radical (unpaired) electrons. The Morgan fingerprint density at radius 2 is 2.03 bits per heavy atom. The van der Waals surface area contributed by atoms with E-state index < -0.39 is 33.6 Å². The maximum absolute atomic E-state index is 14.6. The molecule has 0 saturated heterocycles. The smallest absolute Gasteiger partial charge is 0.275 e. The number of rotatable bonds is 9. The molecule has 38 heavy (non-hydrogen) atoms. The van der Waals surface area contributed by atoms with Crippen LogP contribution in [0.3, 0.4) is 0 Å². The zero-order chi connectivity index (χ0) is 27.7. The third-order valence-corrected chi connectivity index (χ3v) is 7.07. The third-order valence-electron chi connectivity index (χ3n) is 6.38. The largest absolute Gasteiger partial charge is 0.495 e. The second-order valence-corrected chi connectivity index (χ2v) is 11.1. The maximum atomic E-state index is 14.6. The van der Waals surface area contributed by atoms with Gasteiger partial charge >= 0.3 is 0 Å². The molecule has 4 rings (SSSR count). The number of sulfonamides is 1. The molecule has 0 bridgehead atoms. The molecule has 0 saturated carbocycles. The number of hydrogen-bond donors (Lipinski definition) is 4. The van der Waals surface area contributed by atoms with Crippen molar-refractivity contribution in [1.82, 2.24) is 20.0 Å². The number of methoxy groups -OCH3 is 1. The summed E-state index contributed by atoms with van der Waals surface area (Å²) in [7, 11) is -0.641. The van der Waals surface area contributed by atoms with E-state index in [0.717, 1.165) is 43.4 Å². The van der Waals surface area contributed by atoms with Gasteiger partial charge in [0.15, 0.2) is 0 Å². The molecule has 4 N–H and O–H groups in total. The van der Waals surface area contributed by atoms with E-state index in [4.69, 9.17) is 4.74 Å². The minimum Gasteiger partial charge on any atom is -0.495 e. The van der Waals surface area contributed by atoms with Crippen LogP contribution in [0.1, 0.15) is 42.1 Å². The van der Waals surface area contributed by atoms with Crippen molar-refractivity contribution in [3.63, 3.8) is 0 Å². The zero-order valence-corrected chi connectivity index (χ0v) is 22.2. The third kappa shape index (κ3) is 6.10. The number of carbonyl (C=O) groups excluding carboxylic acids is 1. The monoisotopic (exact) mass is 548 g/mol. The molecule has 1 heterocycles. The highest BCUT2D eigenvalue weighted by Gasteiger charge is 2.38. The first-order valence-corrected chi connectivity index (χ1v) is 13.8. The Bertz CT molecular complexity index is 1410. The summed E-state index contributed by atoms with van der Waals surface area (Å²) in [6.07, 6.45) is 8.03. The van der Waals surface area contributed by atoms with Gasteiger partial charge in [0.1, 0.15) is 11.6 Å². The maximum Gasteiger partial charge on any atom is 0.275 e. The van der Waals surface area contributed by atoms with Crippen LogP contribution in [0.5, 0.6) is 5.75 Å². The number of carbonyl (C=O) groups is 1. The van der Waals surface area contributed by atoms with Gasteiger partial charge in [-0.05, 0) is 43.0 Å². The number of allylic oxidation sites excluding steroid dienone is 1. The molecule has 0 fully saturated rings. The first-order valence-electron chi connectivity index (χ1n) is 11.9. The Labute approximate surface area is 220 Å². The summed E-state index contributed by atoms with van der Waals surface area (Å²) in [5.41, 5.74) is 2.28. The lowest BCUT2D eigenvalue weighted by atomic mass is 9.99. The summed E-state index contributed by atoms with van der Waals surface area (Å²) >= 11 is 0. The summed E-state index contributed by atoms with van der Waals surface area (Å²) in [6.45, 7) is 0.747. The van der Waals surface area contributed by atoms with Gasteiger partial charge in [0.25, 0.3) is 11.8 Å². The number of aromatic nitrogens is 2. The lowest BCUT2D eigenvalue weighted by Gasteiger charge is -2.26. The fourth-order valence-electron chi connectivity index (χ4n) is 4.63. The molecule has 2 aliphatic carbocycles. The molecule has 2 aliphatic rings. The van der Waals surface area contributed by atoms with Gasteiger partial charge in [0.2, 0.25) is 16.0 Å². The van der Waals surface area contributed by atoms with Crippen LogP contribution in [0.15, 0.2) is 47.7 Å². The van der Waals surface area contributed by atoms with Crippen LogP contribution in [-0.4, -0.2) is 56.8 Å². The van der Waals surface area contributed by atoms with Gasteiger partial charge in [0.05, 0.1) is 36.7 Å². The van der Waals surface area contributed by atoms with Crippen molar-refractivity contribution in [3.8, 4) is 5.75 Å². The Balaban J connectivity index is 1.67. The number of ether oxygens (including phenoxy) is 1. The Morgan fingerprint density at radius 1 is 1.26 bits per heavy atom. The SMILES string of the molecule is CNC(=O)c1ccc(Nc2ncc(C(C)(F)F)c(NC3CC4=C(C=CCC4)C3NS(C)(=O)=O)n2)c(OC)c1. The van der Waals surface area contributed by atoms with E-state index in [1.54, 1.807) is 12.1 Å². The highest BCUT2D eigenvalue weighted by atomic mass is 32.2. The zero-order valence-electron chi connectivity index (χ0n) is 21.4. The molecule has 1 amide bonds. The number of nitrogens with one attached hydrogen (secondary N) is 4. The van der Waals surface area contributed by atoms with E-state index >= 15 is 0 Å². The minimum atomic E-state index is -3.58. The second kappa shape index (κ2) is 10.7. The van der Waals surface area contributed by atoms with Gasteiger partial charge in [-0.3, -0.25) is 4.79 Å². The molecule has 2 atom stereocenters. The van der Waals surface area contributed by atoms with E-state index in [0.29, 0.717) is 23.4 Å². The molecule has 2 aromatic rings. The standard InChI is InChI=1S/C25H30F2N6O4S/c1-25(26,27)17-13-29-24(31-18-10-9-15(23(34)28-2)12-20(18)37-3)32-22(17)30-19-11-14-7-5-6-8-16(14)21(19)33-38(4,35)36/h6,8-10,12-13,19,21,33H,5,7,11H2,1-4H3,(H,28,34)(H2,29,30,31,32). The Kier molecular flexibility index (Phi) is 7.70. The number of alkyl halides is 2. The Morgan fingerprint density at radius 3 is 2.68 bits per heavy atom. The summed E-state index contributed by atoms with van der Waals surface area (Å²) < 4.78 is 61.3. The van der Waals surface area contributed by atoms with Gasteiger partial charge in [-0.2, -0.15) is 4.98 Å². The fraction of sp³-hybridized carbons (Fsp3) is 0.400. The summed E-state index contributed by atoms with van der Waals surface area (Å²) in [4.78, 5) is 20.4. The highest BCUT2D eigenvalue weighted by Crippen LogP contribution is 2.38. The average Bonchev–Trinajstić information content (AvgIpc) is 3.18. The number of benzene rings is 1. The summed E-state index contributed by atoms with van der Waals surface area (Å²) in [6, 6.07) is 3.51. The predicted molar refractivity (Wildman–Crippen MR) is 140 cm³/mol. The van der Waals surface area contributed by atoms with Crippen molar-refractivity contribution < 1.29 is 26.7 Å². The number of amides is 1. The normalized spacial score (nSPS) is 19.2. The predicted octanol–water partition coefficient (Wildman–Crippen LogP) is 3.45. The number of nitrogens with zero attached hydrogens (tertiary/aromatic N) is 2. The number of anilines is 3. The van der Waals surface area contributed by atoms with Crippen LogP contribution in [0.25, 0.3) is 0 Å².